The Morgan fingerprint density at radius 3 is 2.48 bits per heavy atom. The number of hydrogen-bond acceptors (Lipinski definition) is 3. The van der Waals surface area contributed by atoms with Gasteiger partial charge in [0.2, 0.25) is 0 Å². The average molecular weight is 345 g/mol. The van der Waals surface area contributed by atoms with Crippen LogP contribution in [0, 0.1) is 0 Å². The summed E-state index contributed by atoms with van der Waals surface area (Å²) in [5.74, 6) is -2.69. The Balaban J connectivity index is 2.34. The van der Waals surface area contributed by atoms with Gasteiger partial charge >= 0.3 is 0 Å². The van der Waals surface area contributed by atoms with Crippen LogP contribution in [0.3, 0.4) is 0 Å². The molecule has 0 aliphatic rings. The van der Waals surface area contributed by atoms with Gasteiger partial charge in [-0.25, -0.2) is 0 Å². The third-order valence-electron chi connectivity index (χ3n) is 3.72. The maximum atomic E-state index is 13.4. The molecule has 0 N–H and O–H groups in total. The summed E-state index contributed by atoms with van der Waals surface area (Å²) in [6.07, 6.45) is 1.28. The van der Waals surface area contributed by atoms with Crippen molar-refractivity contribution >= 4 is 22.3 Å². The smallest absolute Gasteiger partial charge is 0.286 e. The van der Waals surface area contributed by atoms with Crippen LogP contribution >= 0.6 is 0 Å². The van der Waals surface area contributed by atoms with Crippen LogP contribution in [0.25, 0.3) is 10.8 Å². The van der Waals surface area contributed by atoms with Crippen LogP contribution < -0.4 is 4.74 Å². The van der Waals surface area contributed by atoms with Gasteiger partial charge < -0.3 is 4.74 Å². The molecule has 0 fully saturated rings. The highest BCUT2D eigenvalue weighted by molar-refractivity contribution is 6.04. The summed E-state index contributed by atoms with van der Waals surface area (Å²) in [5, 5.41) is 1.74. The van der Waals surface area contributed by atoms with E-state index >= 15 is 0 Å². The second-order valence-corrected chi connectivity index (χ2v) is 5.92. The van der Waals surface area contributed by atoms with Gasteiger partial charge in [-0.1, -0.05) is 36.4 Å². The zero-order chi connectivity index (χ0) is 18.6. The average Bonchev–Trinajstić information content (AvgIpc) is 2.56. The van der Waals surface area contributed by atoms with Gasteiger partial charge in [0, 0.05) is 12.3 Å². The summed E-state index contributed by atoms with van der Waals surface area (Å²) in [5.41, 5.74) is 0.550. The molecule has 2 rings (SSSR count). The molecule has 0 radical (unpaired) electrons. The minimum Gasteiger partial charge on any atom is -0.486 e. The van der Waals surface area contributed by atoms with Gasteiger partial charge in [0.05, 0.1) is 11.3 Å². The Kier molecular flexibility index (Phi) is 5.67. The van der Waals surface area contributed by atoms with E-state index in [0.29, 0.717) is 17.0 Å². The lowest BCUT2D eigenvalue weighted by atomic mass is 10.0. The quantitative estimate of drug-likeness (QED) is 0.516. The number of carbonyl (C=O) groups excluding carboxylic acids is 1. The summed E-state index contributed by atoms with van der Waals surface area (Å²) in [6.45, 7) is 5.42. The monoisotopic (exact) mass is 345 g/mol. The molecule has 0 aliphatic carbocycles. The Morgan fingerprint density at radius 1 is 1.20 bits per heavy atom. The van der Waals surface area contributed by atoms with E-state index in [1.54, 1.807) is 13.0 Å². The van der Waals surface area contributed by atoms with Crippen molar-refractivity contribution in [2.45, 2.75) is 33.6 Å². The molecule has 0 aliphatic heterocycles. The van der Waals surface area contributed by atoms with Gasteiger partial charge in [-0.05, 0) is 32.2 Å². The van der Waals surface area contributed by atoms with E-state index in [2.05, 4.69) is 4.99 Å². The number of rotatable bonds is 6. The summed E-state index contributed by atoms with van der Waals surface area (Å²) >= 11 is 0. The SMILES string of the molecule is C/C=C(\N=C(C)COc1c(C(C)=O)ccc2ccccc12)C(C)(F)F. The molecule has 0 spiro atoms. The molecule has 0 atom stereocenters. The molecule has 0 amide bonds. The number of nitrogens with zero attached hydrogens (tertiary/aromatic N) is 1. The number of benzene rings is 2. The molecule has 2 aromatic rings. The standard InChI is InChI=1S/C20H21F2NO2/c1-5-18(20(4,21)22)23-13(2)12-25-19-16(14(3)24)11-10-15-8-6-7-9-17(15)19/h5-11H,12H2,1-4H3/b18-5-,23-13?. The van der Waals surface area contributed by atoms with E-state index in [0.717, 1.165) is 17.7 Å². The molecule has 2 aromatic carbocycles. The number of Topliss-reactive ketones (excluding diaryl/α,β-unsaturated/α-hetero) is 1. The van der Waals surface area contributed by atoms with Crippen LogP contribution in [-0.4, -0.2) is 24.0 Å². The highest BCUT2D eigenvalue weighted by atomic mass is 19.3. The van der Waals surface area contributed by atoms with E-state index < -0.39 is 5.92 Å². The number of halogens is 2. The number of ether oxygens (including phenoxy) is 1. The van der Waals surface area contributed by atoms with Crippen molar-refractivity contribution in [3.63, 3.8) is 0 Å². The fraction of sp³-hybridized carbons (Fsp3) is 0.300. The second-order valence-electron chi connectivity index (χ2n) is 5.92. The van der Waals surface area contributed by atoms with Gasteiger partial charge in [-0.15, -0.1) is 0 Å². The summed E-state index contributed by atoms with van der Waals surface area (Å²) in [4.78, 5) is 15.8. The van der Waals surface area contributed by atoms with Crippen LogP contribution in [0.4, 0.5) is 8.78 Å². The van der Waals surface area contributed by atoms with Crippen molar-refractivity contribution in [2.24, 2.45) is 4.99 Å². The number of alkyl halides is 2. The molecule has 0 saturated heterocycles. The minimum absolute atomic E-state index is 0.0156. The van der Waals surface area contributed by atoms with Crippen molar-refractivity contribution in [2.75, 3.05) is 6.61 Å². The lowest BCUT2D eigenvalue weighted by Gasteiger charge is -2.15. The Morgan fingerprint density at radius 2 is 1.88 bits per heavy atom. The lowest BCUT2D eigenvalue weighted by Crippen LogP contribution is -2.16. The fourth-order valence-electron chi connectivity index (χ4n) is 2.51. The van der Waals surface area contributed by atoms with Crippen LogP contribution in [-0.2, 0) is 0 Å². The Labute approximate surface area is 146 Å². The second kappa shape index (κ2) is 7.55. The highest BCUT2D eigenvalue weighted by Crippen LogP contribution is 2.30. The molecule has 0 aromatic heterocycles. The molecular formula is C20H21F2NO2. The third kappa shape index (κ3) is 4.50. The number of hydrogen-bond donors (Lipinski definition) is 0. The van der Waals surface area contributed by atoms with Crippen molar-refractivity contribution in [1.29, 1.82) is 0 Å². The summed E-state index contributed by atoms with van der Waals surface area (Å²) in [6, 6.07) is 11.1. The van der Waals surface area contributed by atoms with Crippen LogP contribution in [0.5, 0.6) is 5.75 Å². The highest BCUT2D eigenvalue weighted by Gasteiger charge is 2.26. The van der Waals surface area contributed by atoms with Gasteiger partial charge in [0.25, 0.3) is 5.92 Å². The molecular weight excluding hydrogens is 324 g/mol. The zero-order valence-corrected chi connectivity index (χ0v) is 14.8. The van der Waals surface area contributed by atoms with Crippen molar-refractivity contribution in [1.82, 2.24) is 0 Å². The Hall–Kier alpha value is -2.56. The molecule has 0 unspecified atom stereocenters. The van der Waals surface area contributed by atoms with Gasteiger partial charge in [-0.3, -0.25) is 9.79 Å². The van der Waals surface area contributed by atoms with E-state index in [4.69, 9.17) is 4.74 Å². The van der Waals surface area contributed by atoms with Gasteiger partial charge in [0.15, 0.2) is 5.78 Å². The number of carbonyl (C=O) groups is 1. The topological polar surface area (TPSA) is 38.7 Å². The van der Waals surface area contributed by atoms with Crippen LogP contribution in [0.2, 0.25) is 0 Å². The van der Waals surface area contributed by atoms with E-state index in [1.807, 2.05) is 30.3 Å². The molecule has 3 nitrogen and oxygen atoms in total. The molecule has 132 valence electrons. The maximum Gasteiger partial charge on any atom is 0.286 e. The van der Waals surface area contributed by atoms with E-state index in [9.17, 15) is 13.6 Å². The Bertz CT molecular complexity index is 848. The number of aliphatic imine (C=N–C) groups is 1. The first-order chi connectivity index (χ1) is 11.7. The molecule has 0 saturated carbocycles. The normalized spacial score (nSPS) is 13.2. The fourth-order valence-corrected chi connectivity index (χ4v) is 2.51. The molecule has 0 heterocycles. The number of allylic oxidation sites excluding steroid dienone is 2. The van der Waals surface area contributed by atoms with Crippen molar-refractivity contribution in [3.05, 3.63) is 53.7 Å². The number of fused-ring (bicyclic) bond motifs is 1. The summed E-state index contributed by atoms with van der Waals surface area (Å²) < 4.78 is 32.7. The number of ketones is 1. The zero-order valence-electron chi connectivity index (χ0n) is 14.8. The van der Waals surface area contributed by atoms with Crippen LogP contribution in [0.1, 0.15) is 38.1 Å². The summed E-state index contributed by atoms with van der Waals surface area (Å²) in [7, 11) is 0. The first kappa shape index (κ1) is 18.8. The molecule has 0 bridgehead atoms. The predicted molar refractivity (Wildman–Crippen MR) is 96.9 cm³/mol. The van der Waals surface area contributed by atoms with E-state index in [1.165, 1.54) is 19.9 Å². The third-order valence-corrected chi connectivity index (χ3v) is 3.72. The predicted octanol–water partition coefficient (Wildman–Crippen LogP) is 5.44. The molecule has 25 heavy (non-hydrogen) atoms. The van der Waals surface area contributed by atoms with Crippen molar-refractivity contribution < 1.29 is 18.3 Å². The maximum absolute atomic E-state index is 13.4. The van der Waals surface area contributed by atoms with Crippen molar-refractivity contribution in [3.8, 4) is 5.75 Å². The first-order valence-corrected chi connectivity index (χ1v) is 7.98. The van der Waals surface area contributed by atoms with Gasteiger partial charge in [-0.2, -0.15) is 8.78 Å². The lowest BCUT2D eigenvalue weighted by molar-refractivity contribution is 0.0619. The first-order valence-electron chi connectivity index (χ1n) is 7.98. The molecule has 5 heteroatoms. The minimum atomic E-state index is -3.01. The van der Waals surface area contributed by atoms with E-state index in [-0.39, 0.29) is 18.1 Å². The van der Waals surface area contributed by atoms with Crippen LogP contribution in [0.15, 0.2) is 53.2 Å². The largest absolute Gasteiger partial charge is 0.486 e. The van der Waals surface area contributed by atoms with Gasteiger partial charge in [0.1, 0.15) is 18.1 Å².